The summed E-state index contributed by atoms with van der Waals surface area (Å²) in [4.78, 5) is 14.1. The quantitative estimate of drug-likeness (QED) is 0.450. The zero-order valence-corrected chi connectivity index (χ0v) is 12.5. The number of rotatable bonds is 8. The van der Waals surface area contributed by atoms with E-state index in [1.807, 2.05) is 19.9 Å². The molecule has 2 N–H and O–H groups in total. The molecule has 112 valence electrons. The molecule has 0 fully saturated rings. The number of ether oxygens (including phenoxy) is 2. The zero-order valence-electron chi connectivity index (χ0n) is 12.5. The lowest BCUT2D eigenvalue weighted by atomic mass is 10.1. The number of nitrogens with two attached hydrogens (primary N) is 1. The largest absolute Gasteiger partial charge is 0.462 e. The second-order valence-corrected chi connectivity index (χ2v) is 4.27. The van der Waals surface area contributed by atoms with Crippen LogP contribution in [0, 0.1) is 0 Å². The summed E-state index contributed by atoms with van der Waals surface area (Å²) >= 11 is 0. The predicted molar refractivity (Wildman–Crippen MR) is 81.2 cm³/mol. The van der Waals surface area contributed by atoms with Crippen LogP contribution in [0.1, 0.15) is 31.1 Å². The molecule has 0 aliphatic heterocycles. The van der Waals surface area contributed by atoms with Crippen LogP contribution in [0.25, 0.3) is 0 Å². The highest BCUT2D eigenvalue weighted by atomic mass is 16.5. The molecule has 0 atom stereocenters. The first-order chi connectivity index (χ1) is 9.63. The Morgan fingerprint density at radius 1 is 1.25 bits per heavy atom. The average Bonchev–Trinajstić information content (AvgIpc) is 2.44. The normalized spacial score (nSPS) is 10.3. The van der Waals surface area contributed by atoms with Gasteiger partial charge in [-0.3, -0.25) is 0 Å². The summed E-state index contributed by atoms with van der Waals surface area (Å²) in [6.07, 6.45) is 0. The van der Waals surface area contributed by atoms with Crippen molar-refractivity contribution in [3.8, 4) is 0 Å². The lowest BCUT2D eigenvalue weighted by Crippen LogP contribution is -2.29. The second kappa shape index (κ2) is 8.43. The first-order valence-electron chi connectivity index (χ1n) is 7.03. The Balaban J connectivity index is 2.98. The highest BCUT2D eigenvalue weighted by Crippen LogP contribution is 2.24. The Morgan fingerprint density at radius 2 is 2.00 bits per heavy atom. The van der Waals surface area contributed by atoms with E-state index < -0.39 is 0 Å². The number of carbonyl (C=O) groups excluding carboxylic acids is 1. The molecule has 0 spiro atoms. The van der Waals surface area contributed by atoms with Crippen molar-refractivity contribution in [3.63, 3.8) is 0 Å². The monoisotopic (exact) mass is 280 g/mol. The van der Waals surface area contributed by atoms with Gasteiger partial charge in [0.15, 0.2) is 0 Å². The molecule has 20 heavy (non-hydrogen) atoms. The van der Waals surface area contributed by atoms with Crippen LogP contribution in [-0.4, -0.2) is 38.9 Å². The molecule has 0 aliphatic carbocycles. The summed E-state index contributed by atoms with van der Waals surface area (Å²) in [5.41, 5.74) is 7.67. The third kappa shape index (κ3) is 4.42. The number of hydrogen-bond acceptors (Lipinski definition) is 5. The number of nitrogen functional groups attached to an aromatic ring is 1. The van der Waals surface area contributed by atoms with Crippen molar-refractivity contribution < 1.29 is 14.3 Å². The molecule has 0 heterocycles. The highest BCUT2D eigenvalue weighted by Gasteiger charge is 2.17. The van der Waals surface area contributed by atoms with Crippen molar-refractivity contribution in [2.24, 2.45) is 0 Å². The van der Waals surface area contributed by atoms with Gasteiger partial charge in [-0.15, -0.1) is 0 Å². The first kappa shape index (κ1) is 16.3. The summed E-state index contributed by atoms with van der Waals surface area (Å²) in [6.45, 7) is 8.94. The molecule has 0 bridgehead atoms. The van der Waals surface area contributed by atoms with Crippen molar-refractivity contribution in [1.29, 1.82) is 0 Å². The van der Waals surface area contributed by atoms with Gasteiger partial charge in [-0.2, -0.15) is 0 Å². The van der Waals surface area contributed by atoms with E-state index in [1.54, 1.807) is 19.1 Å². The number of hydrogen-bond donors (Lipinski definition) is 1. The molecule has 0 amide bonds. The smallest absolute Gasteiger partial charge is 0.340 e. The van der Waals surface area contributed by atoms with Gasteiger partial charge < -0.3 is 20.1 Å². The number of anilines is 2. The first-order valence-corrected chi connectivity index (χ1v) is 7.03. The minimum Gasteiger partial charge on any atom is -0.462 e. The topological polar surface area (TPSA) is 64.8 Å². The van der Waals surface area contributed by atoms with E-state index in [0.717, 1.165) is 18.8 Å². The summed E-state index contributed by atoms with van der Waals surface area (Å²) in [6, 6.07) is 5.31. The number of esters is 1. The van der Waals surface area contributed by atoms with Crippen LogP contribution in [0.15, 0.2) is 18.2 Å². The second-order valence-electron chi connectivity index (χ2n) is 4.27. The van der Waals surface area contributed by atoms with Gasteiger partial charge in [0, 0.05) is 25.4 Å². The fourth-order valence-electron chi connectivity index (χ4n) is 1.97. The maximum atomic E-state index is 12.0. The van der Waals surface area contributed by atoms with E-state index in [2.05, 4.69) is 4.90 Å². The summed E-state index contributed by atoms with van der Waals surface area (Å²) in [5, 5.41) is 0. The van der Waals surface area contributed by atoms with E-state index in [9.17, 15) is 4.79 Å². The van der Waals surface area contributed by atoms with E-state index >= 15 is 0 Å². The Bertz CT molecular complexity index is 435. The van der Waals surface area contributed by atoms with Gasteiger partial charge in [0.25, 0.3) is 0 Å². The van der Waals surface area contributed by atoms with E-state index in [0.29, 0.717) is 31.1 Å². The van der Waals surface area contributed by atoms with Crippen molar-refractivity contribution in [2.45, 2.75) is 20.8 Å². The maximum Gasteiger partial charge on any atom is 0.340 e. The molecule has 0 unspecified atom stereocenters. The number of nitrogens with zero attached hydrogens (tertiary/aromatic N) is 1. The molecular weight excluding hydrogens is 256 g/mol. The summed E-state index contributed by atoms with van der Waals surface area (Å²) in [7, 11) is 0. The average molecular weight is 280 g/mol. The van der Waals surface area contributed by atoms with Crippen LogP contribution in [0.2, 0.25) is 0 Å². The molecule has 5 nitrogen and oxygen atoms in total. The number of likely N-dealkylation sites (N-methyl/N-ethyl adjacent to an activating group) is 1. The Morgan fingerprint density at radius 3 is 2.60 bits per heavy atom. The van der Waals surface area contributed by atoms with Gasteiger partial charge in [0.2, 0.25) is 0 Å². The summed E-state index contributed by atoms with van der Waals surface area (Å²) in [5.74, 6) is -0.343. The zero-order chi connectivity index (χ0) is 15.0. The molecule has 0 saturated heterocycles. The van der Waals surface area contributed by atoms with Crippen LogP contribution in [0.3, 0.4) is 0 Å². The van der Waals surface area contributed by atoms with Crippen LogP contribution >= 0.6 is 0 Å². The fourth-order valence-corrected chi connectivity index (χ4v) is 1.97. The van der Waals surface area contributed by atoms with Crippen LogP contribution in [0.5, 0.6) is 0 Å². The third-order valence-electron chi connectivity index (χ3n) is 2.95. The molecule has 1 aromatic rings. The third-order valence-corrected chi connectivity index (χ3v) is 2.95. The van der Waals surface area contributed by atoms with Gasteiger partial charge in [0.05, 0.1) is 24.5 Å². The number of carbonyl (C=O) groups is 1. The predicted octanol–water partition coefficient (Wildman–Crippen LogP) is 2.31. The lowest BCUT2D eigenvalue weighted by Gasteiger charge is -2.25. The minimum absolute atomic E-state index is 0.343. The van der Waals surface area contributed by atoms with Crippen molar-refractivity contribution in [3.05, 3.63) is 23.8 Å². The summed E-state index contributed by atoms with van der Waals surface area (Å²) < 4.78 is 10.5. The van der Waals surface area contributed by atoms with Crippen LogP contribution < -0.4 is 10.6 Å². The molecule has 5 heteroatoms. The van der Waals surface area contributed by atoms with Gasteiger partial charge in [-0.25, -0.2) is 4.79 Å². The van der Waals surface area contributed by atoms with E-state index in [-0.39, 0.29) is 5.97 Å². The SMILES string of the molecule is CCOCCN(CC)c1ccc(N)cc1C(=O)OCC. The van der Waals surface area contributed by atoms with Gasteiger partial charge in [-0.1, -0.05) is 0 Å². The highest BCUT2D eigenvalue weighted by molar-refractivity contribution is 5.97. The molecule has 1 aromatic carbocycles. The van der Waals surface area contributed by atoms with Gasteiger partial charge in [0.1, 0.15) is 0 Å². The number of benzene rings is 1. The van der Waals surface area contributed by atoms with Crippen molar-refractivity contribution in [1.82, 2.24) is 0 Å². The minimum atomic E-state index is -0.343. The van der Waals surface area contributed by atoms with Crippen molar-refractivity contribution in [2.75, 3.05) is 43.5 Å². The standard InChI is InChI=1S/C15H24N2O3/c1-4-17(9-10-19-5-2)14-8-7-12(16)11-13(14)15(18)20-6-3/h7-8,11H,4-6,9-10,16H2,1-3H3. The van der Waals surface area contributed by atoms with Crippen molar-refractivity contribution >= 4 is 17.3 Å². The Kier molecular flexibility index (Phi) is 6.87. The van der Waals surface area contributed by atoms with Gasteiger partial charge in [-0.05, 0) is 39.0 Å². The molecule has 0 aliphatic rings. The van der Waals surface area contributed by atoms with Crippen LogP contribution in [-0.2, 0) is 9.47 Å². The van der Waals surface area contributed by atoms with E-state index in [1.165, 1.54) is 0 Å². The van der Waals surface area contributed by atoms with Gasteiger partial charge >= 0.3 is 5.97 Å². The molecular formula is C15H24N2O3. The fraction of sp³-hybridized carbons (Fsp3) is 0.533. The Labute approximate surface area is 120 Å². The molecule has 1 rings (SSSR count). The molecule has 0 saturated carbocycles. The lowest BCUT2D eigenvalue weighted by molar-refractivity contribution is 0.0527. The Hall–Kier alpha value is -1.75. The molecule has 0 aromatic heterocycles. The van der Waals surface area contributed by atoms with Crippen LogP contribution in [0.4, 0.5) is 11.4 Å². The maximum absolute atomic E-state index is 12.0. The van der Waals surface area contributed by atoms with E-state index in [4.69, 9.17) is 15.2 Å². The molecule has 0 radical (unpaired) electrons.